The van der Waals surface area contributed by atoms with Crippen LogP contribution < -0.4 is 0 Å². The molecule has 1 aromatic carbocycles. The summed E-state index contributed by atoms with van der Waals surface area (Å²) in [6, 6.07) is 10.5. The third-order valence-electron chi connectivity index (χ3n) is 5.65. The molecule has 25 heavy (non-hydrogen) atoms. The molecule has 0 radical (unpaired) electrons. The summed E-state index contributed by atoms with van der Waals surface area (Å²) in [7, 11) is -0.931. The van der Waals surface area contributed by atoms with Crippen LogP contribution in [0.2, 0.25) is 13.1 Å². The monoisotopic (exact) mass is 362 g/mol. The molecule has 1 aliphatic rings. The second-order valence-electron chi connectivity index (χ2n) is 9.14. The predicted octanol–water partition coefficient (Wildman–Crippen LogP) is 5.67. The first-order valence-corrected chi connectivity index (χ1v) is 12.9. The van der Waals surface area contributed by atoms with Crippen LogP contribution in [0.15, 0.2) is 30.3 Å². The van der Waals surface area contributed by atoms with E-state index in [0.29, 0.717) is 11.3 Å². The molecule has 1 aromatic rings. The Morgan fingerprint density at radius 3 is 2.24 bits per heavy atom. The summed E-state index contributed by atoms with van der Waals surface area (Å²) in [6.07, 6.45) is 5.30. The lowest BCUT2D eigenvalue weighted by Crippen LogP contribution is -2.36. The zero-order valence-electron chi connectivity index (χ0n) is 17.0. The summed E-state index contributed by atoms with van der Waals surface area (Å²) < 4.78 is 12.1. The molecule has 0 aromatic heterocycles. The number of benzene rings is 1. The van der Waals surface area contributed by atoms with Gasteiger partial charge in [0.15, 0.2) is 9.04 Å². The van der Waals surface area contributed by atoms with Gasteiger partial charge in [-0.3, -0.25) is 0 Å². The van der Waals surface area contributed by atoms with Gasteiger partial charge in [0.05, 0.1) is 6.61 Å². The van der Waals surface area contributed by atoms with E-state index in [9.17, 15) is 0 Å². The number of rotatable bonds is 8. The van der Waals surface area contributed by atoms with E-state index >= 15 is 0 Å². The average Bonchev–Trinajstić information content (AvgIpc) is 2.56. The third kappa shape index (κ3) is 7.24. The number of ether oxygens (including phenoxy) is 1. The highest BCUT2D eigenvalue weighted by Gasteiger charge is 2.35. The van der Waals surface area contributed by atoms with Gasteiger partial charge < -0.3 is 9.16 Å². The summed E-state index contributed by atoms with van der Waals surface area (Å²) in [6.45, 7) is 14.3. The Morgan fingerprint density at radius 1 is 1.04 bits per heavy atom. The van der Waals surface area contributed by atoms with Crippen molar-refractivity contribution in [1.82, 2.24) is 0 Å². The van der Waals surface area contributed by atoms with Crippen LogP contribution in [0.3, 0.4) is 0 Å². The van der Waals surface area contributed by atoms with Crippen molar-refractivity contribution in [2.45, 2.75) is 66.2 Å². The summed E-state index contributed by atoms with van der Waals surface area (Å²) in [5, 5.41) is 0. The molecule has 2 nitrogen and oxygen atoms in total. The van der Waals surface area contributed by atoms with Crippen LogP contribution in [0.5, 0.6) is 0 Å². The minimum absolute atomic E-state index is 0.338. The molecular formula is C22H38O2Si. The smallest absolute Gasteiger partial charge is 0.170 e. The van der Waals surface area contributed by atoms with Gasteiger partial charge in [-0.2, -0.15) is 0 Å². The van der Waals surface area contributed by atoms with Gasteiger partial charge in [0.1, 0.15) is 0 Å². The minimum atomic E-state index is -0.931. The molecule has 0 heterocycles. The normalized spacial score (nSPS) is 23.0. The van der Waals surface area contributed by atoms with Gasteiger partial charge in [0.2, 0.25) is 0 Å². The van der Waals surface area contributed by atoms with Crippen molar-refractivity contribution in [2.75, 3.05) is 13.2 Å². The largest absolute Gasteiger partial charge is 0.420 e. The lowest BCUT2D eigenvalue weighted by Gasteiger charge is -2.41. The van der Waals surface area contributed by atoms with Gasteiger partial charge in [-0.1, -0.05) is 51.1 Å². The molecule has 3 heteroatoms. The molecule has 2 rings (SSSR count). The molecule has 0 N–H and O–H groups in total. The van der Waals surface area contributed by atoms with E-state index in [1.807, 2.05) is 0 Å². The molecule has 1 aliphatic carbocycles. The molecule has 0 bridgehead atoms. The molecule has 0 spiro atoms. The summed E-state index contributed by atoms with van der Waals surface area (Å²) in [5.74, 6) is 2.24. The van der Waals surface area contributed by atoms with Crippen molar-refractivity contribution in [2.24, 2.45) is 23.2 Å². The lowest BCUT2D eigenvalue weighted by molar-refractivity contribution is 0.0321. The molecule has 1 saturated carbocycles. The molecule has 0 aliphatic heterocycles. The highest BCUT2D eigenvalue weighted by molar-refractivity contribution is 6.48. The van der Waals surface area contributed by atoms with E-state index in [1.54, 1.807) is 0 Å². The zero-order chi connectivity index (χ0) is 18.3. The number of hydrogen-bond donors (Lipinski definition) is 0. The fraction of sp³-hybridized carbons (Fsp3) is 0.727. The van der Waals surface area contributed by atoms with Crippen molar-refractivity contribution in [3.8, 4) is 0 Å². The van der Waals surface area contributed by atoms with Crippen molar-refractivity contribution >= 4 is 9.04 Å². The molecule has 0 saturated heterocycles. The van der Waals surface area contributed by atoms with E-state index in [1.165, 1.54) is 31.2 Å². The first-order valence-electron chi connectivity index (χ1n) is 10.1. The van der Waals surface area contributed by atoms with Crippen LogP contribution in [0.25, 0.3) is 0 Å². The SMILES string of the molecule is C[SiH](C)OCC(C1CCC(COCc2ccccc2)CC1)C(C)(C)C. The van der Waals surface area contributed by atoms with Crippen LogP contribution >= 0.6 is 0 Å². The lowest BCUT2D eigenvalue weighted by atomic mass is 9.67. The fourth-order valence-electron chi connectivity index (χ4n) is 4.06. The molecule has 0 amide bonds. The van der Waals surface area contributed by atoms with Crippen molar-refractivity contribution in [3.05, 3.63) is 35.9 Å². The standard InChI is InChI=1S/C22H38O2Si/c1-22(2,3)21(17-24-25(4)5)20-13-11-19(12-14-20)16-23-15-18-9-7-6-8-10-18/h6-10,19-21,25H,11-17H2,1-5H3. The Morgan fingerprint density at radius 2 is 1.68 bits per heavy atom. The van der Waals surface area contributed by atoms with Gasteiger partial charge in [-0.25, -0.2) is 0 Å². The first-order chi connectivity index (χ1) is 11.9. The summed E-state index contributed by atoms with van der Waals surface area (Å²) >= 11 is 0. The van der Waals surface area contributed by atoms with E-state index in [0.717, 1.165) is 31.7 Å². The Labute approximate surface area is 157 Å². The summed E-state index contributed by atoms with van der Waals surface area (Å²) in [5.41, 5.74) is 1.61. The van der Waals surface area contributed by atoms with Gasteiger partial charge in [-0.15, -0.1) is 0 Å². The second-order valence-corrected chi connectivity index (χ2v) is 11.6. The first kappa shape index (κ1) is 20.7. The van der Waals surface area contributed by atoms with E-state index in [2.05, 4.69) is 64.2 Å². The van der Waals surface area contributed by atoms with E-state index in [4.69, 9.17) is 9.16 Å². The van der Waals surface area contributed by atoms with Gasteiger partial charge in [0.25, 0.3) is 0 Å². The van der Waals surface area contributed by atoms with Crippen molar-refractivity contribution < 1.29 is 9.16 Å². The van der Waals surface area contributed by atoms with Crippen LogP contribution in [0.4, 0.5) is 0 Å². The highest BCUT2D eigenvalue weighted by Crippen LogP contribution is 2.41. The van der Waals surface area contributed by atoms with Gasteiger partial charge in [-0.05, 0) is 67.5 Å². The Balaban J connectivity index is 1.75. The van der Waals surface area contributed by atoms with Crippen LogP contribution in [0.1, 0.15) is 52.0 Å². The molecular weight excluding hydrogens is 324 g/mol. The quantitative estimate of drug-likeness (QED) is 0.555. The summed E-state index contributed by atoms with van der Waals surface area (Å²) in [4.78, 5) is 0. The predicted molar refractivity (Wildman–Crippen MR) is 109 cm³/mol. The van der Waals surface area contributed by atoms with Crippen molar-refractivity contribution in [1.29, 1.82) is 0 Å². The fourth-order valence-corrected chi connectivity index (χ4v) is 4.66. The third-order valence-corrected chi connectivity index (χ3v) is 6.51. The molecule has 1 atom stereocenters. The molecule has 1 fully saturated rings. The Hall–Kier alpha value is -0.643. The van der Waals surface area contributed by atoms with E-state index < -0.39 is 9.04 Å². The molecule has 1 unspecified atom stereocenters. The van der Waals surface area contributed by atoms with Crippen LogP contribution in [-0.4, -0.2) is 22.3 Å². The minimum Gasteiger partial charge on any atom is -0.420 e. The second kappa shape index (κ2) is 9.89. The molecule has 142 valence electrons. The van der Waals surface area contributed by atoms with Gasteiger partial charge >= 0.3 is 0 Å². The Kier molecular flexibility index (Phi) is 8.18. The van der Waals surface area contributed by atoms with Crippen LogP contribution in [-0.2, 0) is 15.8 Å². The topological polar surface area (TPSA) is 18.5 Å². The van der Waals surface area contributed by atoms with E-state index in [-0.39, 0.29) is 0 Å². The zero-order valence-corrected chi connectivity index (χ0v) is 18.1. The van der Waals surface area contributed by atoms with Crippen molar-refractivity contribution in [3.63, 3.8) is 0 Å². The van der Waals surface area contributed by atoms with Crippen LogP contribution in [0, 0.1) is 23.2 Å². The highest BCUT2D eigenvalue weighted by atomic mass is 28.3. The maximum absolute atomic E-state index is 6.14. The maximum atomic E-state index is 6.14. The van der Waals surface area contributed by atoms with Gasteiger partial charge in [0, 0.05) is 13.2 Å². The maximum Gasteiger partial charge on any atom is 0.170 e. The average molecular weight is 363 g/mol. The number of hydrogen-bond acceptors (Lipinski definition) is 2. The Bertz CT molecular complexity index is 473.